The summed E-state index contributed by atoms with van der Waals surface area (Å²) in [5.74, 6) is 0.310. The fourth-order valence-corrected chi connectivity index (χ4v) is 2.09. The van der Waals surface area contributed by atoms with E-state index in [1.807, 2.05) is 0 Å². The van der Waals surface area contributed by atoms with Crippen LogP contribution < -0.4 is 5.73 Å². The maximum absolute atomic E-state index is 12.3. The van der Waals surface area contributed by atoms with Crippen LogP contribution in [0.5, 0.6) is 0 Å². The van der Waals surface area contributed by atoms with Gasteiger partial charge in [-0.3, -0.25) is 0 Å². The van der Waals surface area contributed by atoms with Crippen molar-refractivity contribution in [3.8, 4) is 0 Å². The zero-order valence-corrected chi connectivity index (χ0v) is 8.44. The molecule has 3 nitrogen and oxygen atoms in total. The molecular weight excluding hydrogens is 200 g/mol. The molecule has 1 aromatic rings. The van der Waals surface area contributed by atoms with Gasteiger partial charge in [0.15, 0.2) is 0 Å². The van der Waals surface area contributed by atoms with Crippen LogP contribution in [0.4, 0.5) is 8.78 Å². The average molecular weight is 215 g/mol. The van der Waals surface area contributed by atoms with E-state index in [4.69, 9.17) is 5.73 Å². The summed E-state index contributed by atoms with van der Waals surface area (Å²) in [6.45, 7) is -2.54. The van der Waals surface area contributed by atoms with Crippen molar-refractivity contribution in [1.82, 2.24) is 9.78 Å². The molecule has 5 heteroatoms. The number of hydrogen-bond acceptors (Lipinski definition) is 2. The normalized spacial score (nSPS) is 27.2. The molecule has 0 spiro atoms. The van der Waals surface area contributed by atoms with E-state index >= 15 is 0 Å². The standard InChI is InChI=1S/C10H15F2N3/c11-10(12)15-6-5-9(14-15)7-1-3-8(13)4-2-7/h5-8,10H,1-4,13H2. The van der Waals surface area contributed by atoms with Gasteiger partial charge in [-0.2, -0.15) is 13.9 Å². The molecule has 0 saturated heterocycles. The summed E-state index contributed by atoms with van der Waals surface area (Å²) in [5.41, 5.74) is 6.56. The van der Waals surface area contributed by atoms with Gasteiger partial charge in [0.05, 0.1) is 5.69 Å². The second-order valence-electron chi connectivity index (χ2n) is 4.11. The van der Waals surface area contributed by atoms with Crippen LogP contribution in [0.2, 0.25) is 0 Å². The molecule has 15 heavy (non-hydrogen) atoms. The molecule has 0 amide bonds. The Morgan fingerprint density at radius 3 is 2.53 bits per heavy atom. The third-order valence-electron chi connectivity index (χ3n) is 3.02. The van der Waals surface area contributed by atoms with Crippen molar-refractivity contribution < 1.29 is 8.78 Å². The molecule has 1 fully saturated rings. The van der Waals surface area contributed by atoms with Gasteiger partial charge in [0.2, 0.25) is 0 Å². The number of rotatable bonds is 2. The lowest BCUT2D eigenvalue weighted by Gasteiger charge is -2.24. The predicted octanol–water partition coefficient (Wildman–Crippen LogP) is 2.26. The number of nitrogens with two attached hydrogens (primary N) is 1. The first-order valence-corrected chi connectivity index (χ1v) is 5.25. The molecule has 2 N–H and O–H groups in total. The summed E-state index contributed by atoms with van der Waals surface area (Å²) >= 11 is 0. The monoisotopic (exact) mass is 215 g/mol. The molecule has 1 heterocycles. The van der Waals surface area contributed by atoms with Gasteiger partial charge in [-0.15, -0.1) is 0 Å². The Bertz CT molecular complexity index is 316. The quantitative estimate of drug-likeness (QED) is 0.822. The molecular formula is C10H15F2N3. The van der Waals surface area contributed by atoms with E-state index in [9.17, 15) is 8.78 Å². The lowest BCUT2D eigenvalue weighted by atomic mass is 9.85. The second kappa shape index (κ2) is 4.26. The summed E-state index contributed by atoms with van der Waals surface area (Å²) < 4.78 is 25.3. The minimum absolute atomic E-state index is 0.276. The molecule has 0 aromatic carbocycles. The molecule has 0 radical (unpaired) electrons. The summed E-state index contributed by atoms with van der Waals surface area (Å²) in [6.07, 6.45) is 5.19. The molecule has 2 rings (SSSR count). The van der Waals surface area contributed by atoms with Crippen molar-refractivity contribution in [3.63, 3.8) is 0 Å². The Morgan fingerprint density at radius 2 is 2.00 bits per heavy atom. The third-order valence-corrected chi connectivity index (χ3v) is 3.02. The fourth-order valence-electron chi connectivity index (χ4n) is 2.09. The highest BCUT2D eigenvalue weighted by atomic mass is 19.3. The molecule has 0 aliphatic heterocycles. The van der Waals surface area contributed by atoms with Crippen LogP contribution in [0.1, 0.15) is 43.8 Å². The minimum Gasteiger partial charge on any atom is -0.328 e. The van der Waals surface area contributed by atoms with Crippen LogP contribution in [-0.2, 0) is 0 Å². The molecule has 1 saturated carbocycles. The maximum atomic E-state index is 12.3. The Balaban J connectivity index is 2.03. The van der Waals surface area contributed by atoms with E-state index in [2.05, 4.69) is 5.10 Å². The van der Waals surface area contributed by atoms with E-state index in [0.29, 0.717) is 10.6 Å². The molecule has 84 valence electrons. The SMILES string of the molecule is NC1CCC(c2ccn(C(F)F)n2)CC1. The fraction of sp³-hybridized carbons (Fsp3) is 0.700. The molecule has 0 unspecified atom stereocenters. The van der Waals surface area contributed by atoms with Crippen molar-refractivity contribution >= 4 is 0 Å². The third kappa shape index (κ3) is 2.34. The molecule has 1 aromatic heterocycles. The molecule has 1 aliphatic rings. The lowest BCUT2D eigenvalue weighted by Crippen LogP contribution is -2.25. The van der Waals surface area contributed by atoms with Crippen molar-refractivity contribution in [2.45, 2.75) is 44.2 Å². The van der Waals surface area contributed by atoms with E-state index in [1.165, 1.54) is 6.20 Å². The number of aromatic nitrogens is 2. The van der Waals surface area contributed by atoms with Gasteiger partial charge in [-0.1, -0.05) is 0 Å². The highest BCUT2D eigenvalue weighted by Gasteiger charge is 2.22. The first-order chi connectivity index (χ1) is 7.16. The molecule has 1 aliphatic carbocycles. The van der Waals surface area contributed by atoms with Crippen LogP contribution in [-0.4, -0.2) is 15.8 Å². The van der Waals surface area contributed by atoms with Crippen molar-refractivity contribution in [2.75, 3.05) is 0 Å². The summed E-state index contributed by atoms with van der Waals surface area (Å²) in [5, 5.41) is 3.88. The summed E-state index contributed by atoms with van der Waals surface area (Å²) in [7, 11) is 0. The summed E-state index contributed by atoms with van der Waals surface area (Å²) in [4.78, 5) is 0. The van der Waals surface area contributed by atoms with Crippen LogP contribution in [0, 0.1) is 0 Å². The zero-order chi connectivity index (χ0) is 10.8. The Kier molecular flexibility index (Phi) is 3.00. The smallest absolute Gasteiger partial charge is 0.328 e. The minimum atomic E-state index is -2.54. The van der Waals surface area contributed by atoms with E-state index in [-0.39, 0.29) is 6.04 Å². The Morgan fingerprint density at radius 1 is 1.33 bits per heavy atom. The summed E-state index contributed by atoms with van der Waals surface area (Å²) in [6, 6.07) is 1.96. The van der Waals surface area contributed by atoms with Gasteiger partial charge in [0.25, 0.3) is 0 Å². The number of nitrogens with zero attached hydrogens (tertiary/aromatic N) is 2. The van der Waals surface area contributed by atoms with E-state index in [1.54, 1.807) is 6.07 Å². The highest BCUT2D eigenvalue weighted by Crippen LogP contribution is 2.31. The van der Waals surface area contributed by atoms with Crippen LogP contribution in [0.15, 0.2) is 12.3 Å². The molecule has 0 bridgehead atoms. The maximum Gasteiger partial charge on any atom is 0.333 e. The van der Waals surface area contributed by atoms with E-state index < -0.39 is 6.55 Å². The topological polar surface area (TPSA) is 43.8 Å². The van der Waals surface area contributed by atoms with Crippen LogP contribution in [0.3, 0.4) is 0 Å². The van der Waals surface area contributed by atoms with Crippen LogP contribution in [0.25, 0.3) is 0 Å². The zero-order valence-electron chi connectivity index (χ0n) is 8.44. The van der Waals surface area contributed by atoms with Crippen LogP contribution >= 0.6 is 0 Å². The number of hydrogen-bond donors (Lipinski definition) is 1. The van der Waals surface area contributed by atoms with Crippen molar-refractivity contribution in [3.05, 3.63) is 18.0 Å². The van der Waals surface area contributed by atoms with Gasteiger partial charge in [-0.05, 0) is 31.7 Å². The average Bonchev–Trinajstić information content (AvgIpc) is 2.68. The number of alkyl halides is 2. The van der Waals surface area contributed by atoms with Gasteiger partial charge in [0, 0.05) is 18.2 Å². The highest BCUT2D eigenvalue weighted by molar-refractivity contribution is 5.08. The number of halogens is 2. The first-order valence-electron chi connectivity index (χ1n) is 5.25. The predicted molar refractivity (Wildman–Crippen MR) is 52.7 cm³/mol. The van der Waals surface area contributed by atoms with Gasteiger partial charge < -0.3 is 5.73 Å². The Labute approximate surface area is 87.3 Å². The largest absolute Gasteiger partial charge is 0.333 e. The Hall–Kier alpha value is -0.970. The van der Waals surface area contributed by atoms with Gasteiger partial charge in [-0.25, -0.2) is 4.68 Å². The van der Waals surface area contributed by atoms with Gasteiger partial charge in [0.1, 0.15) is 0 Å². The van der Waals surface area contributed by atoms with Crippen molar-refractivity contribution in [1.29, 1.82) is 0 Å². The second-order valence-corrected chi connectivity index (χ2v) is 4.11. The van der Waals surface area contributed by atoms with Crippen molar-refractivity contribution in [2.24, 2.45) is 5.73 Å². The molecule has 0 atom stereocenters. The van der Waals surface area contributed by atoms with Gasteiger partial charge >= 0.3 is 6.55 Å². The lowest BCUT2D eigenvalue weighted by molar-refractivity contribution is 0.0559. The first kappa shape index (κ1) is 10.5. The van der Waals surface area contributed by atoms with E-state index in [0.717, 1.165) is 31.4 Å².